The van der Waals surface area contributed by atoms with Crippen LogP contribution in [0.25, 0.3) is 0 Å². The molecule has 0 aromatic carbocycles. The van der Waals surface area contributed by atoms with Crippen molar-refractivity contribution in [2.24, 2.45) is 7.05 Å². The van der Waals surface area contributed by atoms with Gasteiger partial charge in [-0.25, -0.2) is 0 Å². The standard InChI is InChI=1S/C13H19N3O3/c1-14-10-11(2-3-12(14)18)13(19)16-6-4-15(5-7-16)8-9-17/h2-3,10,17H,4-9H2,1H3. The normalized spacial score (nSPS) is 16.6. The van der Waals surface area contributed by atoms with Gasteiger partial charge in [-0.1, -0.05) is 0 Å². The highest BCUT2D eigenvalue weighted by atomic mass is 16.3. The zero-order chi connectivity index (χ0) is 13.8. The smallest absolute Gasteiger partial charge is 0.255 e. The van der Waals surface area contributed by atoms with Crippen LogP contribution in [-0.4, -0.2) is 64.7 Å². The third kappa shape index (κ3) is 3.21. The first-order valence-corrected chi connectivity index (χ1v) is 6.41. The van der Waals surface area contributed by atoms with E-state index in [0.717, 1.165) is 13.1 Å². The van der Waals surface area contributed by atoms with E-state index in [0.29, 0.717) is 25.2 Å². The van der Waals surface area contributed by atoms with E-state index in [1.165, 1.54) is 10.6 Å². The molecule has 0 radical (unpaired) electrons. The molecule has 0 aliphatic carbocycles. The average Bonchev–Trinajstić information content (AvgIpc) is 2.42. The monoisotopic (exact) mass is 265 g/mol. The van der Waals surface area contributed by atoms with Crippen LogP contribution in [0.5, 0.6) is 0 Å². The van der Waals surface area contributed by atoms with Crippen molar-refractivity contribution in [1.29, 1.82) is 0 Å². The van der Waals surface area contributed by atoms with Crippen LogP contribution in [0.4, 0.5) is 0 Å². The molecule has 2 heterocycles. The van der Waals surface area contributed by atoms with Gasteiger partial charge in [-0.2, -0.15) is 0 Å². The van der Waals surface area contributed by atoms with Crippen molar-refractivity contribution in [2.45, 2.75) is 0 Å². The van der Waals surface area contributed by atoms with Crippen LogP contribution in [0.3, 0.4) is 0 Å². The summed E-state index contributed by atoms with van der Waals surface area (Å²) in [7, 11) is 1.64. The van der Waals surface area contributed by atoms with E-state index in [1.807, 2.05) is 0 Å². The van der Waals surface area contributed by atoms with E-state index in [-0.39, 0.29) is 18.1 Å². The number of carbonyl (C=O) groups excluding carboxylic acids is 1. The van der Waals surface area contributed by atoms with Gasteiger partial charge >= 0.3 is 0 Å². The number of aliphatic hydroxyl groups is 1. The number of hydrogen-bond donors (Lipinski definition) is 1. The average molecular weight is 265 g/mol. The first kappa shape index (κ1) is 13.8. The fourth-order valence-corrected chi connectivity index (χ4v) is 2.22. The van der Waals surface area contributed by atoms with Crippen molar-refractivity contribution < 1.29 is 9.90 Å². The summed E-state index contributed by atoms with van der Waals surface area (Å²) in [5, 5.41) is 8.87. The van der Waals surface area contributed by atoms with Crippen molar-refractivity contribution in [3.8, 4) is 0 Å². The number of carbonyl (C=O) groups is 1. The van der Waals surface area contributed by atoms with E-state index in [2.05, 4.69) is 4.90 Å². The fourth-order valence-electron chi connectivity index (χ4n) is 2.22. The molecule has 0 atom stereocenters. The summed E-state index contributed by atoms with van der Waals surface area (Å²) in [6, 6.07) is 2.99. The Morgan fingerprint density at radius 1 is 1.26 bits per heavy atom. The minimum absolute atomic E-state index is 0.0424. The van der Waals surface area contributed by atoms with Gasteiger partial charge in [0, 0.05) is 52.0 Å². The number of aliphatic hydroxyl groups excluding tert-OH is 1. The van der Waals surface area contributed by atoms with E-state index in [4.69, 9.17) is 5.11 Å². The summed E-state index contributed by atoms with van der Waals surface area (Å²) in [6.45, 7) is 3.66. The molecule has 1 amide bonds. The summed E-state index contributed by atoms with van der Waals surface area (Å²) in [4.78, 5) is 27.5. The van der Waals surface area contributed by atoms with Crippen molar-refractivity contribution >= 4 is 5.91 Å². The second kappa shape index (κ2) is 5.99. The quantitative estimate of drug-likeness (QED) is 0.772. The first-order chi connectivity index (χ1) is 9.11. The van der Waals surface area contributed by atoms with E-state index >= 15 is 0 Å². The van der Waals surface area contributed by atoms with Crippen LogP contribution in [0, 0.1) is 0 Å². The van der Waals surface area contributed by atoms with Crippen LogP contribution in [0.15, 0.2) is 23.1 Å². The topological polar surface area (TPSA) is 65.8 Å². The van der Waals surface area contributed by atoms with Gasteiger partial charge in [0.25, 0.3) is 5.91 Å². The summed E-state index contributed by atoms with van der Waals surface area (Å²) in [5.41, 5.74) is 0.419. The molecule has 1 N–H and O–H groups in total. The second-order valence-electron chi connectivity index (χ2n) is 4.72. The molecule has 6 nitrogen and oxygen atoms in total. The minimum Gasteiger partial charge on any atom is -0.395 e. The van der Waals surface area contributed by atoms with Crippen molar-refractivity contribution in [2.75, 3.05) is 39.3 Å². The largest absolute Gasteiger partial charge is 0.395 e. The molecule has 1 aliphatic rings. The predicted octanol–water partition coefficient (Wildman–Crippen LogP) is -0.865. The summed E-state index contributed by atoms with van der Waals surface area (Å²) < 4.78 is 1.41. The van der Waals surface area contributed by atoms with Crippen LogP contribution < -0.4 is 5.56 Å². The lowest BCUT2D eigenvalue weighted by atomic mass is 10.2. The van der Waals surface area contributed by atoms with Gasteiger partial charge < -0.3 is 14.6 Å². The summed E-state index contributed by atoms with van der Waals surface area (Å²) in [5.74, 6) is -0.0424. The Kier molecular flexibility index (Phi) is 4.34. The number of nitrogens with zero attached hydrogens (tertiary/aromatic N) is 3. The van der Waals surface area contributed by atoms with Gasteiger partial charge in [0.1, 0.15) is 0 Å². The van der Waals surface area contributed by atoms with Gasteiger partial charge in [-0.15, -0.1) is 0 Å². The zero-order valence-electron chi connectivity index (χ0n) is 11.1. The van der Waals surface area contributed by atoms with Crippen molar-refractivity contribution in [1.82, 2.24) is 14.4 Å². The molecule has 1 saturated heterocycles. The molecule has 1 aromatic rings. The van der Waals surface area contributed by atoms with Crippen molar-refractivity contribution in [3.63, 3.8) is 0 Å². The van der Waals surface area contributed by atoms with E-state index < -0.39 is 0 Å². The maximum absolute atomic E-state index is 12.3. The molecule has 19 heavy (non-hydrogen) atoms. The SMILES string of the molecule is Cn1cc(C(=O)N2CCN(CCO)CC2)ccc1=O. The van der Waals surface area contributed by atoms with Gasteiger partial charge in [0.2, 0.25) is 5.56 Å². The molecule has 1 aliphatic heterocycles. The number of rotatable bonds is 3. The van der Waals surface area contributed by atoms with E-state index in [9.17, 15) is 9.59 Å². The van der Waals surface area contributed by atoms with Gasteiger partial charge in [-0.3, -0.25) is 14.5 Å². The Bertz CT molecular complexity index is 504. The maximum atomic E-state index is 12.3. The number of piperazine rings is 1. The first-order valence-electron chi connectivity index (χ1n) is 6.41. The Hall–Kier alpha value is -1.66. The summed E-state index contributed by atoms with van der Waals surface area (Å²) in [6.07, 6.45) is 1.57. The van der Waals surface area contributed by atoms with Crippen LogP contribution in [-0.2, 0) is 7.05 Å². The molecular formula is C13H19N3O3. The molecule has 1 fully saturated rings. The number of β-amino-alcohol motifs (C(OH)–C–C–N with tert-alkyl or cyclic N) is 1. The molecule has 0 bridgehead atoms. The second-order valence-corrected chi connectivity index (χ2v) is 4.72. The number of hydrogen-bond acceptors (Lipinski definition) is 4. The molecule has 2 rings (SSSR count). The lowest BCUT2D eigenvalue weighted by Crippen LogP contribution is -2.49. The van der Waals surface area contributed by atoms with E-state index in [1.54, 1.807) is 24.2 Å². The Morgan fingerprint density at radius 3 is 2.53 bits per heavy atom. The molecular weight excluding hydrogens is 246 g/mol. The van der Waals surface area contributed by atoms with Crippen LogP contribution >= 0.6 is 0 Å². The Labute approximate surface area is 111 Å². The third-order valence-electron chi connectivity index (χ3n) is 3.41. The Balaban J connectivity index is 2.01. The van der Waals surface area contributed by atoms with Gasteiger partial charge in [0.15, 0.2) is 0 Å². The van der Waals surface area contributed by atoms with Crippen molar-refractivity contribution in [3.05, 3.63) is 34.2 Å². The molecule has 1 aromatic heterocycles. The molecule has 0 unspecified atom stereocenters. The van der Waals surface area contributed by atoms with Gasteiger partial charge in [0.05, 0.1) is 12.2 Å². The maximum Gasteiger partial charge on any atom is 0.255 e. The lowest BCUT2D eigenvalue weighted by molar-refractivity contribution is 0.0614. The highest BCUT2D eigenvalue weighted by Gasteiger charge is 2.21. The number of amides is 1. The highest BCUT2D eigenvalue weighted by Crippen LogP contribution is 2.07. The molecule has 0 saturated carbocycles. The predicted molar refractivity (Wildman–Crippen MR) is 71.1 cm³/mol. The minimum atomic E-state index is -0.121. The lowest BCUT2D eigenvalue weighted by Gasteiger charge is -2.34. The molecule has 0 spiro atoms. The number of pyridine rings is 1. The summed E-state index contributed by atoms with van der Waals surface area (Å²) >= 11 is 0. The number of aryl methyl sites for hydroxylation is 1. The zero-order valence-corrected chi connectivity index (χ0v) is 11.1. The molecule has 6 heteroatoms. The van der Waals surface area contributed by atoms with Crippen LogP contribution in [0.2, 0.25) is 0 Å². The number of aromatic nitrogens is 1. The Morgan fingerprint density at radius 2 is 1.95 bits per heavy atom. The molecule has 104 valence electrons. The third-order valence-corrected chi connectivity index (χ3v) is 3.41. The highest BCUT2D eigenvalue weighted by molar-refractivity contribution is 5.94. The van der Waals surface area contributed by atoms with Gasteiger partial charge in [-0.05, 0) is 6.07 Å². The van der Waals surface area contributed by atoms with Crippen LogP contribution in [0.1, 0.15) is 10.4 Å². The fraction of sp³-hybridized carbons (Fsp3) is 0.538.